The number of hydrogen-bond donors (Lipinski definition) is 1. The number of aryl methyl sites for hydroxylation is 1. The van der Waals surface area contributed by atoms with E-state index in [1.807, 2.05) is 19.1 Å². The van der Waals surface area contributed by atoms with Crippen molar-refractivity contribution in [3.63, 3.8) is 0 Å². The summed E-state index contributed by atoms with van der Waals surface area (Å²) in [5.74, 6) is 0.504. The normalized spacial score (nSPS) is 10.7. The van der Waals surface area contributed by atoms with E-state index in [0.717, 1.165) is 37.8 Å². The molecular weight excluding hydrogens is 401 g/mol. The molecule has 21 heavy (non-hydrogen) atoms. The van der Waals surface area contributed by atoms with E-state index in [-0.39, 0.29) is 5.82 Å². The summed E-state index contributed by atoms with van der Waals surface area (Å²) in [6.07, 6.45) is 0.814. The second kappa shape index (κ2) is 7.38. The van der Waals surface area contributed by atoms with Crippen LogP contribution in [-0.2, 0) is 13.0 Å². The van der Waals surface area contributed by atoms with Crippen LogP contribution in [0.2, 0.25) is 0 Å². The Hall–Kier alpha value is -0.910. The molecule has 2 aromatic carbocycles. The standard InChI is InChI=1S/C16H16Br2FNO/c1-10-6-13(19)3-2-12(10)9-21-16-14(17)7-11(4-5-20)8-15(16)18/h2-3,6-8H,4-5,9,20H2,1H3. The van der Waals surface area contributed by atoms with Crippen LogP contribution in [-0.4, -0.2) is 6.54 Å². The molecule has 2 rings (SSSR count). The maximum absolute atomic E-state index is 13.1. The Morgan fingerprint density at radius 2 is 1.81 bits per heavy atom. The zero-order chi connectivity index (χ0) is 15.4. The Balaban J connectivity index is 2.16. The number of benzene rings is 2. The Labute approximate surface area is 140 Å². The minimum atomic E-state index is -0.232. The van der Waals surface area contributed by atoms with Gasteiger partial charge in [0, 0.05) is 0 Å². The Kier molecular flexibility index (Phi) is 5.79. The van der Waals surface area contributed by atoms with Gasteiger partial charge in [-0.05, 0) is 92.7 Å². The van der Waals surface area contributed by atoms with Crippen LogP contribution in [0.1, 0.15) is 16.7 Å². The first kappa shape index (κ1) is 16.5. The lowest BCUT2D eigenvalue weighted by atomic mass is 10.1. The smallest absolute Gasteiger partial charge is 0.148 e. The number of hydrogen-bond acceptors (Lipinski definition) is 2. The van der Waals surface area contributed by atoms with Gasteiger partial charge in [-0.25, -0.2) is 4.39 Å². The lowest BCUT2D eigenvalue weighted by molar-refractivity contribution is 0.301. The van der Waals surface area contributed by atoms with Crippen LogP contribution < -0.4 is 10.5 Å². The van der Waals surface area contributed by atoms with Gasteiger partial charge in [0.1, 0.15) is 18.2 Å². The minimum absolute atomic E-state index is 0.232. The van der Waals surface area contributed by atoms with Gasteiger partial charge in [-0.2, -0.15) is 0 Å². The predicted molar refractivity (Wildman–Crippen MR) is 90.1 cm³/mol. The van der Waals surface area contributed by atoms with Gasteiger partial charge in [0.2, 0.25) is 0 Å². The molecule has 0 atom stereocenters. The Morgan fingerprint density at radius 1 is 1.14 bits per heavy atom. The quantitative estimate of drug-likeness (QED) is 0.763. The number of halogens is 3. The molecule has 0 saturated carbocycles. The molecule has 0 fully saturated rings. The van der Waals surface area contributed by atoms with E-state index in [1.54, 1.807) is 6.07 Å². The van der Waals surface area contributed by atoms with Gasteiger partial charge < -0.3 is 10.5 Å². The van der Waals surface area contributed by atoms with Gasteiger partial charge in [0.15, 0.2) is 0 Å². The largest absolute Gasteiger partial charge is 0.487 e. The fourth-order valence-electron chi connectivity index (χ4n) is 2.03. The second-order valence-electron chi connectivity index (χ2n) is 4.79. The predicted octanol–water partition coefficient (Wildman–Crippen LogP) is 4.74. The maximum atomic E-state index is 13.1. The molecule has 112 valence electrons. The molecule has 2 nitrogen and oxygen atoms in total. The minimum Gasteiger partial charge on any atom is -0.487 e. The molecule has 2 N–H and O–H groups in total. The fourth-order valence-corrected chi connectivity index (χ4v) is 3.54. The van der Waals surface area contributed by atoms with Crippen LogP contribution in [0.3, 0.4) is 0 Å². The van der Waals surface area contributed by atoms with Gasteiger partial charge in [0.25, 0.3) is 0 Å². The topological polar surface area (TPSA) is 35.2 Å². The molecule has 0 aliphatic carbocycles. The average Bonchev–Trinajstić information content (AvgIpc) is 2.40. The van der Waals surface area contributed by atoms with Gasteiger partial charge >= 0.3 is 0 Å². The van der Waals surface area contributed by atoms with Crippen molar-refractivity contribution in [3.05, 3.63) is 61.8 Å². The zero-order valence-electron chi connectivity index (χ0n) is 11.6. The summed E-state index contributed by atoms with van der Waals surface area (Å²) < 4.78 is 20.7. The van der Waals surface area contributed by atoms with E-state index in [1.165, 1.54) is 12.1 Å². The molecular formula is C16H16Br2FNO. The summed E-state index contributed by atoms with van der Waals surface area (Å²) in [4.78, 5) is 0. The molecule has 0 saturated heterocycles. The molecule has 0 bridgehead atoms. The number of nitrogens with two attached hydrogens (primary N) is 1. The van der Waals surface area contributed by atoms with Crippen LogP contribution >= 0.6 is 31.9 Å². The summed E-state index contributed by atoms with van der Waals surface area (Å²) >= 11 is 7.03. The molecule has 2 aromatic rings. The van der Waals surface area contributed by atoms with Crippen molar-refractivity contribution >= 4 is 31.9 Å². The molecule has 0 amide bonds. The number of rotatable bonds is 5. The monoisotopic (exact) mass is 415 g/mol. The Bertz CT molecular complexity index is 623. The highest BCUT2D eigenvalue weighted by atomic mass is 79.9. The first-order valence-electron chi connectivity index (χ1n) is 6.57. The molecule has 0 spiro atoms. The van der Waals surface area contributed by atoms with E-state index in [2.05, 4.69) is 31.9 Å². The van der Waals surface area contributed by atoms with Crippen molar-refractivity contribution in [1.29, 1.82) is 0 Å². The van der Waals surface area contributed by atoms with Crippen LogP contribution in [0.25, 0.3) is 0 Å². The van der Waals surface area contributed by atoms with Crippen molar-refractivity contribution in [2.75, 3.05) is 6.54 Å². The third-order valence-electron chi connectivity index (χ3n) is 3.17. The highest BCUT2D eigenvalue weighted by Crippen LogP contribution is 2.35. The third kappa shape index (κ3) is 4.28. The van der Waals surface area contributed by atoms with E-state index in [9.17, 15) is 4.39 Å². The molecule has 0 radical (unpaired) electrons. The zero-order valence-corrected chi connectivity index (χ0v) is 14.8. The van der Waals surface area contributed by atoms with Gasteiger partial charge in [-0.1, -0.05) is 6.07 Å². The van der Waals surface area contributed by atoms with E-state index < -0.39 is 0 Å². The molecule has 0 aliphatic rings. The molecule has 5 heteroatoms. The molecule has 0 heterocycles. The molecule has 0 aromatic heterocycles. The fraction of sp³-hybridized carbons (Fsp3) is 0.250. The van der Waals surface area contributed by atoms with Crippen molar-refractivity contribution < 1.29 is 9.13 Å². The number of ether oxygens (including phenoxy) is 1. The lowest BCUT2D eigenvalue weighted by Crippen LogP contribution is -2.04. The van der Waals surface area contributed by atoms with Gasteiger partial charge in [-0.3, -0.25) is 0 Å². The summed E-state index contributed by atoms with van der Waals surface area (Å²) in [5.41, 5.74) is 8.55. The highest BCUT2D eigenvalue weighted by Gasteiger charge is 2.10. The third-order valence-corrected chi connectivity index (χ3v) is 4.35. The SMILES string of the molecule is Cc1cc(F)ccc1COc1c(Br)cc(CCN)cc1Br. The second-order valence-corrected chi connectivity index (χ2v) is 6.50. The van der Waals surface area contributed by atoms with Gasteiger partial charge in [-0.15, -0.1) is 0 Å². The lowest BCUT2D eigenvalue weighted by Gasteiger charge is -2.13. The highest BCUT2D eigenvalue weighted by molar-refractivity contribution is 9.11. The summed E-state index contributed by atoms with van der Waals surface area (Å²) in [5, 5.41) is 0. The first-order chi connectivity index (χ1) is 10.0. The van der Waals surface area contributed by atoms with E-state index in [0.29, 0.717) is 13.2 Å². The Morgan fingerprint density at radius 3 is 2.38 bits per heavy atom. The summed E-state index contributed by atoms with van der Waals surface area (Å²) in [6, 6.07) is 8.71. The van der Waals surface area contributed by atoms with E-state index in [4.69, 9.17) is 10.5 Å². The first-order valence-corrected chi connectivity index (χ1v) is 8.15. The van der Waals surface area contributed by atoms with E-state index >= 15 is 0 Å². The maximum Gasteiger partial charge on any atom is 0.148 e. The van der Waals surface area contributed by atoms with Crippen molar-refractivity contribution in [2.24, 2.45) is 5.73 Å². The van der Waals surface area contributed by atoms with Crippen LogP contribution in [0.4, 0.5) is 4.39 Å². The van der Waals surface area contributed by atoms with Crippen molar-refractivity contribution in [3.8, 4) is 5.75 Å². The summed E-state index contributed by atoms with van der Waals surface area (Å²) in [6.45, 7) is 2.86. The van der Waals surface area contributed by atoms with Crippen LogP contribution in [0.5, 0.6) is 5.75 Å². The summed E-state index contributed by atoms with van der Waals surface area (Å²) in [7, 11) is 0. The average molecular weight is 417 g/mol. The van der Waals surface area contributed by atoms with Crippen molar-refractivity contribution in [2.45, 2.75) is 20.0 Å². The van der Waals surface area contributed by atoms with Crippen LogP contribution in [0, 0.1) is 12.7 Å². The van der Waals surface area contributed by atoms with Crippen molar-refractivity contribution in [1.82, 2.24) is 0 Å². The van der Waals surface area contributed by atoms with Crippen LogP contribution in [0.15, 0.2) is 39.3 Å². The molecule has 0 aliphatic heterocycles. The van der Waals surface area contributed by atoms with Gasteiger partial charge in [0.05, 0.1) is 8.95 Å². The molecule has 0 unspecified atom stereocenters.